The van der Waals surface area contributed by atoms with Gasteiger partial charge in [0, 0.05) is 19.3 Å². The quantitative estimate of drug-likeness (QED) is 0.791. The summed E-state index contributed by atoms with van der Waals surface area (Å²) in [5, 5.41) is 0. The van der Waals surface area contributed by atoms with Crippen LogP contribution in [0.25, 0.3) is 0 Å². The maximum absolute atomic E-state index is 5.69. The van der Waals surface area contributed by atoms with Gasteiger partial charge in [0.15, 0.2) is 0 Å². The van der Waals surface area contributed by atoms with Crippen molar-refractivity contribution < 1.29 is 0 Å². The molecular weight excluding hydrogens is 184 g/mol. The summed E-state index contributed by atoms with van der Waals surface area (Å²) in [6.07, 6.45) is 2.50. The summed E-state index contributed by atoms with van der Waals surface area (Å²) in [5.74, 6) is 1.51. The summed E-state index contributed by atoms with van der Waals surface area (Å²) in [6.45, 7) is 2.02. The number of fused-ring (bicyclic) bond motifs is 1. The molecule has 0 radical (unpaired) electrons. The highest BCUT2D eigenvalue weighted by Crippen LogP contribution is 2.47. The first kappa shape index (κ1) is 9.22. The molecular formula is C13H18N2. The second kappa shape index (κ2) is 3.24. The Bertz CT molecular complexity index is 386. The Morgan fingerprint density at radius 3 is 3.07 bits per heavy atom. The van der Waals surface area contributed by atoms with Crippen LogP contribution >= 0.6 is 0 Å². The molecule has 2 atom stereocenters. The molecule has 0 aromatic heterocycles. The maximum atomic E-state index is 5.69. The number of anilines is 1. The van der Waals surface area contributed by atoms with Gasteiger partial charge in [0.05, 0.1) is 0 Å². The van der Waals surface area contributed by atoms with Gasteiger partial charge in [-0.3, -0.25) is 0 Å². The molecule has 2 nitrogen and oxygen atoms in total. The van der Waals surface area contributed by atoms with Crippen LogP contribution < -0.4 is 10.6 Å². The third-order valence-electron chi connectivity index (χ3n) is 3.88. The predicted molar refractivity (Wildman–Crippen MR) is 63.3 cm³/mol. The van der Waals surface area contributed by atoms with Gasteiger partial charge >= 0.3 is 0 Å². The number of benzene rings is 1. The van der Waals surface area contributed by atoms with Crippen molar-refractivity contribution in [3.05, 3.63) is 29.3 Å². The molecule has 1 aromatic rings. The summed E-state index contributed by atoms with van der Waals surface area (Å²) in [6, 6.07) is 6.98. The average molecular weight is 202 g/mol. The minimum absolute atomic E-state index is 0.752. The Morgan fingerprint density at radius 1 is 1.47 bits per heavy atom. The molecule has 2 heteroatoms. The summed E-state index contributed by atoms with van der Waals surface area (Å²) in [4.78, 5) is 2.34. The van der Waals surface area contributed by atoms with E-state index in [1.165, 1.54) is 36.2 Å². The van der Waals surface area contributed by atoms with Crippen molar-refractivity contribution in [1.29, 1.82) is 0 Å². The van der Waals surface area contributed by atoms with Crippen molar-refractivity contribution in [3.63, 3.8) is 0 Å². The number of rotatable bonds is 2. The minimum atomic E-state index is 0.752. The predicted octanol–water partition coefficient (Wildman–Crippen LogP) is 1.74. The molecule has 0 saturated heterocycles. The molecule has 1 fully saturated rings. The van der Waals surface area contributed by atoms with Crippen molar-refractivity contribution in [3.8, 4) is 0 Å². The zero-order valence-electron chi connectivity index (χ0n) is 9.24. The highest BCUT2D eigenvalue weighted by atomic mass is 15.1. The first-order valence-electron chi connectivity index (χ1n) is 5.83. The van der Waals surface area contributed by atoms with Gasteiger partial charge in [-0.1, -0.05) is 12.1 Å². The summed E-state index contributed by atoms with van der Waals surface area (Å²) < 4.78 is 0. The van der Waals surface area contributed by atoms with Crippen LogP contribution in [0.3, 0.4) is 0 Å². The Labute approximate surface area is 91.1 Å². The lowest BCUT2D eigenvalue weighted by Gasteiger charge is -2.12. The molecule has 1 aromatic carbocycles. The van der Waals surface area contributed by atoms with E-state index in [-0.39, 0.29) is 0 Å². The molecule has 2 aliphatic rings. The first-order chi connectivity index (χ1) is 7.29. The maximum Gasteiger partial charge on any atom is 0.0397 e. The van der Waals surface area contributed by atoms with E-state index in [0.717, 1.165) is 18.4 Å². The van der Waals surface area contributed by atoms with Crippen LogP contribution in [-0.2, 0) is 6.42 Å². The van der Waals surface area contributed by atoms with Gasteiger partial charge < -0.3 is 10.6 Å². The van der Waals surface area contributed by atoms with E-state index in [4.69, 9.17) is 5.73 Å². The fraction of sp³-hybridized carbons (Fsp3) is 0.538. The average Bonchev–Trinajstić information content (AvgIpc) is 2.97. The molecule has 0 spiro atoms. The SMILES string of the molecule is CN1CCc2cc(C3CC3CN)ccc21. The fourth-order valence-electron chi connectivity index (χ4n) is 2.73. The number of likely N-dealkylation sites (N-methyl/N-ethyl adjacent to an activating group) is 1. The lowest BCUT2D eigenvalue weighted by molar-refractivity contribution is 0.809. The van der Waals surface area contributed by atoms with Gasteiger partial charge in [0.1, 0.15) is 0 Å². The summed E-state index contributed by atoms with van der Waals surface area (Å²) in [5.41, 5.74) is 10.1. The summed E-state index contributed by atoms with van der Waals surface area (Å²) >= 11 is 0. The molecule has 0 amide bonds. The van der Waals surface area contributed by atoms with Crippen molar-refractivity contribution >= 4 is 5.69 Å². The smallest absolute Gasteiger partial charge is 0.0397 e. The van der Waals surface area contributed by atoms with Gasteiger partial charge in [-0.2, -0.15) is 0 Å². The molecule has 15 heavy (non-hydrogen) atoms. The van der Waals surface area contributed by atoms with Crippen LogP contribution in [0.4, 0.5) is 5.69 Å². The van der Waals surface area contributed by atoms with Crippen molar-refractivity contribution in [2.24, 2.45) is 11.7 Å². The molecule has 1 saturated carbocycles. The monoisotopic (exact) mass is 202 g/mol. The summed E-state index contributed by atoms with van der Waals surface area (Å²) in [7, 11) is 2.17. The Hall–Kier alpha value is -1.02. The van der Waals surface area contributed by atoms with Crippen molar-refractivity contribution in [2.45, 2.75) is 18.8 Å². The minimum Gasteiger partial charge on any atom is -0.374 e. The zero-order chi connectivity index (χ0) is 10.4. The van der Waals surface area contributed by atoms with Crippen LogP contribution in [0, 0.1) is 5.92 Å². The van der Waals surface area contributed by atoms with Crippen LogP contribution in [-0.4, -0.2) is 20.1 Å². The molecule has 1 heterocycles. The molecule has 0 bridgehead atoms. The lowest BCUT2D eigenvalue weighted by atomic mass is 10.0. The lowest BCUT2D eigenvalue weighted by Crippen LogP contribution is -2.12. The van der Waals surface area contributed by atoms with Crippen LogP contribution in [0.5, 0.6) is 0 Å². The van der Waals surface area contributed by atoms with Gasteiger partial charge in [-0.25, -0.2) is 0 Å². The van der Waals surface area contributed by atoms with Gasteiger partial charge in [-0.15, -0.1) is 0 Å². The van der Waals surface area contributed by atoms with E-state index < -0.39 is 0 Å². The third kappa shape index (κ3) is 1.44. The highest BCUT2D eigenvalue weighted by Gasteiger charge is 2.37. The molecule has 3 rings (SSSR count). The van der Waals surface area contributed by atoms with Gasteiger partial charge in [0.25, 0.3) is 0 Å². The largest absolute Gasteiger partial charge is 0.374 e. The standard InChI is InChI=1S/C13H18N2/c1-15-5-4-10-6-9(2-3-13(10)15)12-7-11(12)8-14/h2-3,6,11-12H,4-5,7-8,14H2,1H3. The van der Waals surface area contributed by atoms with Crippen LogP contribution in [0.15, 0.2) is 18.2 Å². The normalized spacial score (nSPS) is 28.0. The Balaban J connectivity index is 1.88. The van der Waals surface area contributed by atoms with Gasteiger partial charge in [-0.05, 0) is 48.4 Å². The Kier molecular flexibility index (Phi) is 1.99. The van der Waals surface area contributed by atoms with E-state index >= 15 is 0 Å². The van der Waals surface area contributed by atoms with Crippen LogP contribution in [0.1, 0.15) is 23.5 Å². The van der Waals surface area contributed by atoms with E-state index in [9.17, 15) is 0 Å². The second-order valence-electron chi connectivity index (χ2n) is 4.90. The molecule has 2 N–H and O–H groups in total. The molecule has 1 aliphatic heterocycles. The second-order valence-corrected chi connectivity index (χ2v) is 4.90. The number of hydrogen-bond acceptors (Lipinski definition) is 2. The van der Waals surface area contributed by atoms with Gasteiger partial charge in [0.2, 0.25) is 0 Å². The van der Waals surface area contributed by atoms with E-state index in [0.29, 0.717) is 0 Å². The van der Waals surface area contributed by atoms with E-state index in [1.54, 1.807) is 0 Å². The van der Waals surface area contributed by atoms with Crippen molar-refractivity contribution in [2.75, 3.05) is 25.0 Å². The molecule has 80 valence electrons. The molecule has 2 unspecified atom stereocenters. The number of nitrogens with two attached hydrogens (primary N) is 1. The first-order valence-corrected chi connectivity index (χ1v) is 5.83. The zero-order valence-corrected chi connectivity index (χ0v) is 9.24. The fourth-order valence-corrected chi connectivity index (χ4v) is 2.73. The number of nitrogens with zero attached hydrogens (tertiary/aromatic N) is 1. The Morgan fingerprint density at radius 2 is 2.33 bits per heavy atom. The number of hydrogen-bond donors (Lipinski definition) is 1. The van der Waals surface area contributed by atoms with Crippen LogP contribution in [0.2, 0.25) is 0 Å². The van der Waals surface area contributed by atoms with Crippen molar-refractivity contribution in [1.82, 2.24) is 0 Å². The van der Waals surface area contributed by atoms with E-state index in [1.807, 2.05) is 0 Å². The highest BCUT2D eigenvalue weighted by molar-refractivity contribution is 5.59. The molecule has 1 aliphatic carbocycles. The third-order valence-corrected chi connectivity index (χ3v) is 3.88. The van der Waals surface area contributed by atoms with E-state index in [2.05, 4.69) is 30.1 Å². The topological polar surface area (TPSA) is 29.3 Å².